The first-order chi connectivity index (χ1) is 11.0. The Balaban J connectivity index is 2.28. The molecule has 24 heavy (non-hydrogen) atoms. The predicted molar refractivity (Wildman–Crippen MR) is 96.2 cm³/mol. The molecule has 0 fully saturated rings. The molecule has 0 saturated heterocycles. The second-order valence-electron chi connectivity index (χ2n) is 8.11. The van der Waals surface area contributed by atoms with Crippen molar-refractivity contribution in [3.8, 4) is 5.75 Å². The first kappa shape index (κ1) is 18.5. The molecular formula is C18H27NO4Si. The monoisotopic (exact) mass is 349 g/mol. The maximum atomic E-state index is 12.3. The summed E-state index contributed by atoms with van der Waals surface area (Å²) in [6.07, 6.45) is 1.20. The Morgan fingerprint density at radius 1 is 1.25 bits per heavy atom. The highest BCUT2D eigenvalue weighted by atomic mass is 28.4. The van der Waals surface area contributed by atoms with Crippen LogP contribution in [0, 0.1) is 0 Å². The molecule has 0 radical (unpaired) electrons. The SMILES string of the molecule is CC(C)(C)OC(=O)N1CCc2c(ccc(C=O)c2O[Si](C)(C)C)C1. The third-order valence-electron chi connectivity index (χ3n) is 3.57. The highest BCUT2D eigenvalue weighted by molar-refractivity contribution is 6.70. The average molecular weight is 350 g/mol. The van der Waals surface area contributed by atoms with Crippen molar-refractivity contribution in [1.29, 1.82) is 0 Å². The molecule has 1 aromatic carbocycles. The predicted octanol–water partition coefficient (Wildman–Crippen LogP) is 4.01. The van der Waals surface area contributed by atoms with Crippen LogP contribution in [0.2, 0.25) is 19.6 Å². The quantitative estimate of drug-likeness (QED) is 0.611. The third kappa shape index (κ3) is 4.60. The Morgan fingerprint density at radius 2 is 1.92 bits per heavy atom. The molecule has 2 rings (SSSR count). The Kier molecular flexibility index (Phi) is 5.08. The van der Waals surface area contributed by atoms with Crippen molar-refractivity contribution in [2.24, 2.45) is 0 Å². The first-order valence-electron chi connectivity index (χ1n) is 8.27. The Hall–Kier alpha value is -1.82. The lowest BCUT2D eigenvalue weighted by Crippen LogP contribution is -2.40. The fourth-order valence-electron chi connectivity index (χ4n) is 2.64. The Morgan fingerprint density at radius 3 is 2.46 bits per heavy atom. The van der Waals surface area contributed by atoms with Crippen LogP contribution in [0.3, 0.4) is 0 Å². The van der Waals surface area contributed by atoms with Gasteiger partial charge in [0.15, 0.2) is 6.29 Å². The summed E-state index contributed by atoms with van der Waals surface area (Å²) >= 11 is 0. The van der Waals surface area contributed by atoms with Gasteiger partial charge in [0, 0.05) is 18.7 Å². The molecule has 1 amide bonds. The summed E-state index contributed by atoms with van der Waals surface area (Å²) in [5.74, 6) is 0.700. The fraction of sp³-hybridized carbons (Fsp3) is 0.556. The summed E-state index contributed by atoms with van der Waals surface area (Å²) in [4.78, 5) is 25.4. The number of nitrogens with zero attached hydrogens (tertiary/aromatic N) is 1. The van der Waals surface area contributed by atoms with Crippen LogP contribution in [0.5, 0.6) is 5.75 Å². The molecule has 6 heteroatoms. The highest BCUT2D eigenvalue weighted by Gasteiger charge is 2.29. The van der Waals surface area contributed by atoms with Gasteiger partial charge in [0.05, 0.1) is 5.56 Å². The number of carbonyl (C=O) groups is 2. The van der Waals surface area contributed by atoms with Crippen molar-refractivity contribution >= 4 is 20.7 Å². The van der Waals surface area contributed by atoms with Crippen molar-refractivity contribution in [3.63, 3.8) is 0 Å². The van der Waals surface area contributed by atoms with Gasteiger partial charge in [0.2, 0.25) is 8.32 Å². The average Bonchev–Trinajstić information content (AvgIpc) is 2.43. The van der Waals surface area contributed by atoms with Gasteiger partial charge in [0.1, 0.15) is 11.4 Å². The molecule has 0 bridgehead atoms. The van der Waals surface area contributed by atoms with Gasteiger partial charge in [0.25, 0.3) is 0 Å². The van der Waals surface area contributed by atoms with Crippen LogP contribution >= 0.6 is 0 Å². The van der Waals surface area contributed by atoms with Crippen LogP contribution in [0.1, 0.15) is 42.3 Å². The van der Waals surface area contributed by atoms with Crippen LogP contribution in [0.4, 0.5) is 4.79 Å². The number of amides is 1. The van der Waals surface area contributed by atoms with E-state index in [0.717, 1.165) is 17.4 Å². The molecule has 0 aromatic heterocycles. The van der Waals surface area contributed by atoms with Gasteiger partial charge in [-0.3, -0.25) is 4.79 Å². The van der Waals surface area contributed by atoms with E-state index in [-0.39, 0.29) is 6.09 Å². The number of aldehydes is 1. The second-order valence-corrected chi connectivity index (χ2v) is 12.5. The Labute approximate surface area is 145 Å². The van der Waals surface area contributed by atoms with Crippen molar-refractivity contribution < 1.29 is 18.8 Å². The second kappa shape index (κ2) is 6.59. The molecule has 1 heterocycles. The van der Waals surface area contributed by atoms with E-state index in [1.165, 1.54) is 0 Å². The Bertz CT molecular complexity index is 644. The van der Waals surface area contributed by atoms with E-state index in [2.05, 4.69) is 19.6 Å². The van der Waals surface area contributed by atoms with Gasteiger partial charge in [-0.15, -0.1) is 0 Å². The topological polar surface area (TPSA) is 55.8 Å². The van der Waals surface area contributed by atoms with E-state index >= 15 is 0 Å². The minimum absolute atomic E-state index is 0.305. The summed E-state index contributed by atoms with van der Waals surface area (Å²) < 4.78 is 11.6. The molecule has 0 aliphatic carbocycles. The lowest BCUT2D eigenvalue weighted by atomic mass is 9.96. The molecule has 0 unspecified atom stereocenters. The van der Waals surface area contributed by atoms with Crippen molar-refractivity contribution in [1.82, 2.24) is 4.90 Å². The fourth-order valence-corrected chi connectivity index (χ4v) is 3.50. The zero-order chi connectivity index (χ0) is 18.1. The number of ether oxygens (including phenoxy) is 1. The van der Waals surface area contributed by atoms with Crippen LogP contribution < -0.4 is 4.43 Å². The third-order valence-corrected chi connectivity index (χ3v) is 4.38. The number of fused-ring (bicyclic) bond motifs is 1. The van der Waals surface area contributed by atoms with Gasteiger partial charge < -0.3 is 14.1 Å². The number of carbonyl (C=O) groups excluding carboxylic acids is 2. The van der Waals surface area contributed by atoms with Gasteiger partial charge >= 0.3 is 6.09 Å². The largest absolute Gasteiger partial charge is 0.544 e. The maximum Gasteiger partial charge on any atom is 0.410 e. The summed E-state index contributed by atoms with van der Waals surface area (Å²) in [6.45, 7) is 12.9. The standard InChI is InChI=1S/C18H27NO4Si/c1-18(2,3)22-17(21)19-10-9-15-13(11-19)7-8-14(12-20)16(15)23-24(4,5)6/h7-8,12H,9-11H2,1-6H3. The molecule has 0 N–H and O–H groups in total. The summed E-state index contributed by atoms with van der Waals surface area (Å²) in [6, 6.07) is 3.69. The van der Waals surface area contributed by atoms with Gasteiger partial charge in [-0.25, -0.2) is 4.79 Å². The lowest BCUT2D eigenvalue weighted by Gasteiger charge is -2.33. The van der Waals surface area contributed by atoms with Gasteiger partial charge in [-0.2, -0.15) is 0 Å². The van der Waals surface area contributed by atoms with E-state index in [9.17, 15) is 9.59 Å². The molecule has 0 atom stereocenters. The number of rotatable bonds is 3. The summed E-state index contributed by atoms with van der Waals surface area (Å²) in [5.41, 5.74) is 2.14. The van der Waals surface area contributed by atoms with Crippen molar-refractivity contribution in [2.45, 2.75) is 59.0 Å². The van der Waals surface area contributed by atoms with Gasteiger partial charge in [-0.1, -0.05) is 6.07 Å². The summed E-state index contributed by atoms with van der Waals surface area (Å²) in [7, 11) is -1.84. The molecular weight excluding hydrogens is 322 g/mol. The number of hydrogen-bond acceptors (Lipinski definition) is 4. The van der Waals surface area contributed by atoms with E-state index in [4.69, 9.17) is 9.16 Å². The maximum absolute atomic E-state index is 12.3. The first-order valence-corrected chi connectivity index (χ1v) is 11.7. The zero-order valence-electron chi connectivity index (χ0n) is 15.4. The summed E-state index contributed by atoms with van der Waals surface area (Å²) in [5, 5.41) is 0. The number of hydrogen-bond donors (Lipinski definition) is 0. The molecule has 132 valence electrons. The van der Waals surface area contributed by atoms with Crippen LogP contribution in [0.15, 0.2) is 12.1 Å². The minimum atomic E-state index is -1.84. The van der Waals surface area contributed by atoms with Crippen LogP contribution in [0.25, 0.3) is 0 Å². The smallest absolute Gasteiger partial charge is 0.410 e. The molecule has 1 aliphatic rings. The molecule has 5 nitrogen and oxygen atoms in total. The van der Waals surface area contributed by atoms with Crippen molar-refractivity contribution in [2.75, 3.05) is 6.54 Å². The van der Waals surface area contributed by atoms with E-state index in [1.807, 2.05) is 26.8 Å². The van der Waals surface area contributed by atoms with Crippen LogP contribution in [-0.4, -0.2) is 37.7 Å². The zero-order valence-corrected chi connectivity index (χ0v) is 16.4. The minimum Gasteiger partial charge on any atom is -0.544 e. The molecule has 0 saturated carbocycles. The van der Waals surface area contributed by atoms with E-state index < -0.39 is 13.9 Å². The number of benzene rings is 1. The molecule has 1 aliphatic heterocycles. The van der Waals surface area contributed by atoms with E-state index in [0.29, 0.717) is 30.8 Å². The van der Waals surface area contributed by atoms with Crippen molar-refractivity contribution in [3.05, 3.63) is 28.8 Å². The van der Waals surface area contributed by atoms with Gasteiger partial charge in [-0.05, 0) is 58.5 Å². The van der Waals surface area contributed by atoms with Crippen LogP contribution in [-0.2, 0) is 17.7 Å². The molecule has 0 spiro atoms. The van der Waals surface area contributed by atoms with E-state index in [1.54, 1.807) is 11.0 Å². The lowest BCUT2D eigenvalue weighted by molar-refractivity contribution is 0.0223. The molecule has 1 aromatic rings. The highest BCUT2D eigenvalue weighted by Crippen LogP contribution is 2.33. The normalized spacial score (nSPS) is 14.8.